The van der Waals surface area contributed by atoms with Crippen LogP contribution in [0, 0.1) is 0 Å². The van der Waals surface area contributed by atoms with Gasteiger partial charge >= 0.3 is 0 Å². The maximum atomic E-state index is 5.99. The minimum Gasteiger partial charge on any atom is -0.398 e. The van der Waals surface area contributed by atoms with Crippen LogP contribution in [0.1, 0.15) is 24.8 Å². The van der Waals surface area contributed by atoms with E-state index in [9.17, 15) is 0 Å². The average Bonchev–Trinajstić information content (AvgIpc) is 2.38. The molecule has 2 rings (SSSR count). The molecule has 2 heteroatoms. The molecule has 17 heavy (non-hydrogen) atoms. The van der Waals surface area contributed by atoms with Crippen molar-refractivity contribution < 1.29 is 4.74 Å². The highest BCUT2D eigenvalue weighted by Crippen LogP contribution is 2.33. The van der Waals surface area contributed by atoms with Crippen molar-refractivity contribution in [2.45, 2.75) is 25.4 Å². The lowest BCUT2D eigenvalue weighted by molar-refractivity contribution is 0.122. The van der Waals surface area contributed by atoms with Crippen LogP contribution in [-0.2, 0) is 4.74 Å². The molecule has 2 nitrogen and oxygen atoms in total. The Morgan fingerprint density at radius 2 is 2.18 bits per heavy atom. The summed E-state index contributed by atoms with van der Waals surface area (Å²) in [6.45, 7) is 4.18. The third-order valence-electron chi connectivity index (χ3n) is 3.30. The Labute approximate surface area is 103 Å². The Morgan fingerprint density at radius 1 is 1.41 bits per heavy atom. The molecular formula is C15H19NO. The SMILES string of the molecule is C=C(C1=CCCCC1OC)c1ccccc1N. The molecule has 0 aromatic heterocycles. The molecule has 2 N–H and O–H groups in total. The first-order valence-corrected chi connectivity index (χ1v) is 6.01. The van der Waals surface area contributed by atoms with E-state index < -0.39 is 0 Å². The van der Waals surface area contributed by atoms with Crippen LogP contribution in [-0.4, -0.2) is 13.2 Å². The fourth-order valence-corrected chi connectivity index (χ4v) is 2.34. The normalized spacial score (nSPS) is 19.8. The molecule has 1 aliphatic carbocycles. The molecule has 1 aromatic carbocycles. The second kappa shape index (κ2) is 5.19. The van der Waals surface area contributed by atoms with Gasteiger partial charge in [0.25, 0.3) is 0 Å². The Kier molecular flexibility index (Phi) is 3.64. The largest absolute Gasteiger partial charge is 0.398 e. The van der Waals surface area contributed by atoms with E-state index in [1.165, 1.54) is 12.0 Å². The first-order valence-electron chi connectivity index (χ1n) is 6.01. The van der Waals surface area contributed by atoms with Gasteiger partial charge in [0.2, 0.25) is 0 Å². The first kappa shape index (κ1) is 11.9. The van der Waals surface area contributed by atoms with E-state index in [0.717, 1.165) is 29.7 Å². The monoisotopic (exact) mass is 229 g/mol. The van der Waals surface area contributed by atoms with Gasteiger partial charge in [0.05, 0.1) is 6.10 Å². The van der Waals surface area contributed by atoms with E-state index in [1.807, 2.05) is 24.3 Å². The second-order valence-corrected chi connectivity index (χ2v) is 4.38. The van der Waals surface area contributed by atoms with Crippen LogP contribution in [0.15, 0.2) is 42.5 Å². The van der Waals surface area contributed by atoms with Gasteiger partial charge in [-0.25, -0.2) is 0 Å². The number of benzene rings is 1. The molecule has 0 heterocycles. The molecule has 0 saturated carbocycles. The lowest BCUT2D eigenvalue weighted by Crippen LogP contribution is -2.18. The van der Waals surface area contributed by atoms with Gasteiger partial charge in [0.15, 0.2) is 0 Å². The molecule has 0 spiro atoms. The molecule has 0 amide bonds. The van der Waals surface area contributed by atoms with Crippen LogP contribution in [0.3, 0.4) is 0 Å². The van der Waals surface area contributed by atoms with E-state index in [4.69, 9.17) is 10.5 Å². The Balaban J connectivity index is 2.31. The van der Waals surface area contributed by atoms with Gasteiger partial charge in [-0.3, -0.25) is 0 Å². The van der Waals surface area contributed by atoms with Gasteiger partial charge in [-0.15, -0.1) is 0 Å². The topological polar surface area (TPSA) is 35.2 Å². The van der Waals surface area contributed by atoms with Crippen LogP contribution >= 0.6 is 0 Å². The van der Waals surface area contributed by atoms with Crippen LogP contribution in [0.4, 0.5) is 5.69 Å². The third kappa shape index (κ3) is 2.42. The summed E-state index contributed by atoms with van der Waals surface area (Å²) in [5.41, 5.74) is 9.97. The highest BCUT2D eigenvalue weighted by Gasteiger charge is 2.20. The van der Waals surface area contributed by atoms with E-state index in [-0.39, 0.29) is 6.10 Å². The van der Waals surface area contributed by atoms with Crippen molar-refractivity contribution in [3.63, 3.8) is 0 Å². The highest BCUT2D eigenvalue weighted by molar-refractivity contribution is 5.84. The summed E-state index contributed by atoms with van der Waals surface area (Å²) in [6.07, 6.45) is 5.73. The number of ether oxygens (including phenoxy) is 1. The molecule has 0 fully saturated rings. The predicted molar refractivity (Wildman–Crippen MR) is 72.6 cm³/mol. The van der Waals surface area contributed by atoms with Gasteiger partial charge < -0.3 is 10.5 Å². The summed E-state index contributed by atoms with van der Waals surface area (Å²) in [6, 6.07) is 7.85. The van der Waals surface area contributed by atoms with Crippen molar-refractivity contribution in [3.8, 4) is 0 Å². The predicted octanol–water partition coefficient (Wildman–Crippen LogP) is 3.41. The molecule has 1 unspecified atom stereocenters. The van der Waals surface area contributed by atoms with Crippen molar-refractivity contribution in [1.29, 1.82) is 0 Å². The van der Waals surface area contributed by atoms with Gasteiger partial charge in [0.1, 0.15) is 0 Å². The van der Waals surface area contributed by atoms with Gasteiger partial charge in [0, 0.05) is 18.4 Å². The zero-order chi connectivity index (χ0) is 12.3. The summed E-state index contributed by atoms with van der Waals surface area (Å²) in [7, 11) is 1.76. The van der Waals surface area contributed by atoms with E-state index >= 15 is 0 Å². The fraction of sp³-hybridized carbons (Fsp3) is 0.333. The third-order valence-corrected chi connectivity index (χ3v) is 3.30. The van der Waals surface area contributed by atoms with Crippen molar-refractivity contribution >= 4 is 11.3 Å². The van der Waals surface area contributed by atoms with Crippen LogP contribution in [0.25, 0.3) is 5.57 Å². The van der Waals surface area contributed by atoms with Gasteiger partial charge in [-0.05, 0) is 36.5 Å². The molecule has 1 aliphatic rings. The number of allylic oxidation sites excluding steroid dienone is 1. The fourth-order valence-electron chi connectivity index (χ4n) is 2.34. The van der Waals surface area contributed by atoms with Crippen molar-refractivity contribution in [2.75, 3.05) is 12.8 Å². The van der Waals surface area contributed by atoms with Crippen molar-refractivity contribution in [2.24, 2.45) is 0 Å². The second-order valence-electron chi connectivity index (χ2n) is 4.38. The maximum Gasteiger partial charge on any atom is 0.0824 e. The van der Waals surface area contributed by atoms with E-state index in [2.05, 4.69) is 12.7 Å². The smallest absolute Gasteiger partial charge is 0.0824 e. The first-order chi connectivity index (χ1) is 8.24. The van der Waals surface area contributed by atoms with E-state index in [1.54, 1.807) is 7.11 Å². The number of nitrogen functional groups attached to an aromatic ring is 1. The van der Waals surface area contributed by atoms with Crippen LogP contribution in [0.5, 0.6) is 0 Å². The Bertz CT molecular complexity index is 448. The maximum absolute atomic E-state index is 5.99. The summed E-state index contributed by atoms with van der Waals surface area (Å²) in [5.74, 6) is 0. The zero-order valence-electron chi connectivity index (χ0n) is 10.3. The summed E-state index contributed by atoms with van der Waals surface area (Å²) < 4.78 is 5.52. The number of hydrogen-bond donors (Lipinski definition) is 1. The standard InChI is InChI=1S/C15H19NO/c1-11(12-7-3-5-9-14(12)16)13-8-4-6-10-15(13)17-2/h3,5,7-9,15H,1,4,6,10,16H2,2H3. The number of methoxy groups -OCH3 is 1. The van der Waals surface area contributed by atoms with Crippen LogP contribution < -0.4 is 5.73 Å². The number of para-hydroxylation sites is 1. The lowest BCUT2D eigenvalue weighted by atomic mass is 9.87. The molecule has 0 radical (unpaired) electrons. The van der Waals surface area contributed by atoms with Gasteiger partial charge in [-0.2, -0.15) is 0 Å². The molecule has 0 bridgehead atoms. The minimum absolute atomic E-state index is 0.163. The molecular weight excluding hydrogens is 210 g/mol. The lowest BCUT2D eigenvalue weighted by Gasteiger charge is -2.25. The van der Waals surface area contributed by atoms with Crippen LogP contribution in [0.2, 0.25) is 0 Å². The summed E-state index contributed by atoms with van der Waals surface area (Å²) in [4.78, 5) is 0. The Hall–Kier alpha value is -1.54. The minimum atomic E-state index is 0.163. The summed E-state index contributed by atoms with van der Waals surface area (Å²) >= 11 is 0. The molecule has 1 atom stereocenters. The molecule has 0 saturated heterocycles. The number of hydrogen-bond acceptors (Lipinski definition) is 2. The molecule has 1 aromatic rings. The Morgan fingerprint density at radius 3 is 2.88 bits per heavy atom. The quantitative estimate of drug-likeness (QED) is 0.806. The van der Waals surface area contributed by atoms with Crippen molar-refractivity contribution in [1.82, 2.24) is 0 Å². The molecule has 90 valence electrons. The van der Waals surface area contributed by atoms with Gasteiger partial charge in [-0.1, -0.05) is 30.9 Å². The molecule has 0 aliphatic heterocycles. The van der Waals surface area contributed by atoms with E-state index in [0.29, 0.717) is 0 Å². The highest BCUT2D eigenvalue weighted by atomic mass is 16.5. The van der Waals surface area contributed by atoms with Crippen molar-refractivity contribution in [3.05, 3.63) is 48.1 Å². The zero-order valence-corrected chi connectivity index (χ0v) is 10.3. The number of anilines is 1. The average molecular weight is 229 g/mol. The summed E-state index contributed by atoms with van der Waals surface area (Å²) in [5, 5.41) is 0. The number of rotatable bonds is 3. The number of nitrogens with two attached hydrogens (primary N) is 1.